The summed E-state index contributed by atoms with van der Waals surface area (Å²) in [6.45, 7) is 3.94. The molecule has 2 N–H and O–H groups in total. The Hall–Kier alpha value is -2.85. The molecule has 10 heteroatoms. The van der Waals surface area contributed by atoms with Crippen LogP contribution in [0.15, 0.2) is 23.1 Å². The van der Waals surface area contributed by atoms with Crippen LogP contribution in [0.25, 0.3) is 11.4 Å². The molecule has 2 aromatic heterocycles. The van der Waals surface area contributed by atoms with Crippen molar-refractivity contribution in [3.05, 3.63) is 29.9 Å². The topological polar surface area (TPSA) is 125 Å². The van der Waals surface area contributed by atoms with E-state index >= 15 is 0 Å². The lowest BCUT2D eigenvalue weighted by Gasteiger charge is -2.38. The molecule has 0 saturated carbocycles. The molecule has 10 nitrogen and oxygen atoms in total. The van der Waals surface area contributed by atoms with Crippen molar-refractivity contribution in [2.75, 3.05) is 26.2 Å². The molecule has 3 aliphatic rings. The Balaban J connectivity index is 1.36. The number of fused-ring (bicyclic) bond motifs is 1. The predicted octanol–water partition coefficient (Wildman–Crippen LogP) is 0.226. The van der Waals surface area contributed by atoms with E-state index in [4.69, 9.17) is 4.52 Å². The minimum absolute atomic E-state index is 0.00703. The zero-order chi connectivity index (χ0) is 21.5. The SMILES string of the molecule is Cc1onc(-c2ccncn2)c1C(=O)N1C[C@H]2CCCN(C(=O)[C@H]3C[C@H](O)CN3)[C@H]2C1. The Labute approximate surface area is 179 Å². The third-order valence-corrected chi connectivity index (χ3v) is 6.66. The molecule has 5 heterocycles. The zero-order valence-corrected chi connectivity index (χ0v) is 17.4. The van der Waals surface area contributed by atoms with Crippen molar-refractivity contribution in [2.24, 2.45) is 5.92 Å². The van der Waals surface area contributed by atoms with Crippen LogP contribution in [-0.2, 0) is 4.79 Å². The highest BCUT2D eigenvalue weighted by Crippen LogP contribution is 2.34. The van der Waals surface area contributed by atoms with Gasteiger partial charge in [0, 0.05) is 32.4 Å². The number of amides is 2. The molecule has 0 radical (unpaired) electrons. The molecule has 2 aromatic rings. The Morgan fingerprint density at radius 3 is 2.94 bits per heavy atom. The predicted molar refractivity (Wildman–Crippen MR) is 109 cm³/mol. The molecule has 3 aliphatic heterocycles. The number of carbonyl (C=O) groups is 2. The van der Waals surface area contributed by atoms with Crippen molar-refractivity contribution in [2.45, 2.75) is 44.4 Å². The van der Waals surface area contributed by atoms with Crippen LogP contribution in [0.1, 0.15) is 35.4 Å². The van der Waals surface area contributed by atoms with Gasteiger partial charge >= 0.3 is 0 Å². The summed E-state index contributed by atoms with van der Waals surface area (Å²) in [5, 5.41) is 17.0. The quantitative estimate of drug-likeness (QED) is 0.715. The summed E-state index contributed by atoms with van der Waals surface area (Å²) in [6.07, 6.45) is 4.88. The molecule has 0 spiro atoms. The van der Waals surface area contributed by atoms with Crippen LogP contribution < -0.4 is 5.32 Å². The Kier molecular flexibility index (Phi) is 5.19. The highest BCUT2D eigenvalue weighted by atomic mass is 16.5. The first-order valence-electron chi connectivity index (χ1n) is 10.8. The lowest BCUT2D eigenvalue weighted by atomic mass is 9.91. The van der Waals surface area contributed by atoms with E-state index in [2.05, 4.69) is 20.4 Å². The van der Waals surface area contributed by atoms with Crippen LogP contribution in [0.3, 0.4) is 0 Å². The van der Waals surface area contributed by atoms with E-state index in [1.807, 2.05) is 9.80 Å². The second-order valence-corrected chi connectivity index (χ2v) is 8.62. The zero-order valence-electron chi connectivity index (χ0n) is 17.4. The second-order valence-electron chi connectivity index (χ2n) is 8.62. The van der Waals surface area contributed by atoms with Crippen LogP contribution >= 0.6 is 0 Å². The standard InChI is InChI=1S/C21H26N6O4/c1-12-18(19(25-31-12)15-4-5-22-11-24-15)21(30)26-9-13-3-2-6-27(17(13)10-26)20(29)16-7-14(28)8-23-16/h4-5,11,13-14,16-17,23,28H,2-3,6-10H2,1H3/t13-,14+,16-,17+/m1/s1. The number of aromatic nitrogens is 3. The number of aliphatic hydroxyl groups is 1. The smallest absolute Gasteiger partial charge is 0.259 e. The van der Waals surface area contributed by atoms with E-state index in [0.717, 1.165) is 12.8 Å². The third-order valence-electron chi connectivity index (χ3n) is 6.66. The fourth-order valence-corrected chi connectivity index (χ4v) is 5.11. The number of carbonyl (C=O) groups excluding carboxylic acids is 2. The van der Waals surface area contributed by atoms with E-state index in [-0.39, 0.29) is 29.8 Å². The average molecular weight is 426 g/mol. The largest absolute Gasteiger partial charge is 0.392 e. The van der Waals surface area contributed by atoms with E-state index in [1.165, 1.54) is 6.33 Å². The van der Waals surface area contributed by atoms with E-state index in [1.54, 1.807) is 19.2 Å². The average Bonchev–Trinajstić information content (AvgIpc) is 3.51. The second kappa shape index (κ2) is 8.01. The summed E-state index contributed by atoms with van der Waals surface area (Å²) in [5.41, 5.74) is 1.36. The van der Waals surface area contributed by atoms with E-state index in [0.29, 0.717) is 55.3 Å². The molecule has 5 rings (SSSR count). The van der Waals surface area contributed by atoms with Gasteiger partial charge in [0.25, 0.3) is 5.91 Å². The number of nitrogens with one attached hydrogen (secondary N) is 1. The first-order valence-corrected chi connectivity index (χ1v) is 10.8. The maximum Gasteiger partial charge on any atom is 0.259 e. The van der Waals surface area contributed by atoms with Gasteiger partial charge in [-0.1, -0.05) is 5.16 Å². The van der Waals surface area contributed by atoms with Gasteiger partial charge in [-0.25, -0.2) is 9.97 Å². The van der Waals surface area contributed by atoms with E-state index in [9.17, 15) is 14.7 Å². The number of aliphatic hydroxyl groups excluding tert-OH is 1. The summed E-state index contributed by atoms with van der Waals surface area (Å²) in [6, 6.07) is 1.34. The number of likely N-dealkylation sites (tertiary alicyclic amines) is 2. The fraction of sp³-hybridized carbons (Fsp3) is 0.571. The number of hydrogen-bond acceptors (Lipinski definition) is 8. The number of nitrogens with zero attached hydrogens (tertiary/aromatic N) is 5. The Morgan fingerprint density at radius 1 is 1.32 bits per heavy atom. The molecule has 2 amide bonds. The van der Waals surface area contributed by atoms with Gasteiger partial charge in [-0.05, 0) is 38.2 Å². The summed E-state index contributed by atoms with van der Waals surface area (Å²) in [4.78, 5) is 38.4. The molecule has 31 heavy (non-hydrogen) atoms. The maximum atomic E-state index is 13.5. The van der Waals surface area contributed by atoms with Crippen LogP contribution in [0.2, 0.25) is 0 Å². The molecule has 0 aromatic carbocycles. The van der Waals surface area contributed by atoms with Gasteiger partial charge in [0.05, 0.1) is 23.9 Å². The number of piperidine rings is 1. The van der Waals surface area contributed by atoms with Gasteiger partial charge < -0.3 is 24.7 Å². The highest BCUT2D eigenvalue weighted by Gasteiger charge is 2.45. The van der Waals surface area contributed by atoms with Crippen molar-refractivity contribution < 1.29 is 19.2 Å². The summed E-state index contributed by atoms with van der Waals surface area (Å²) in [7, 11) is 0. The van der Waals surface area contributed by atoms with Crippen LogP contribution in [0, 0.1) is 12.8 Å². The molecule has 3 saturated heterocycles. The minimum Gasteiger partial charge on any atom is -0.392 e. The van der Waals surface area contributed by atoms with Crippen molar-refractivity contribution in [3.63, 3.8) is 0 Å². The van der Waals surface area contributed by atoms with Crippen molar-refractivity contribution in [1.29, 1.82) is 0 Å². The molecule has 0 aliphatic carbocycles. The summed E-state index contributed by atoms with van der Waals surface area (Å²) in [5.74, 6) is 0.577. The van der Waals surface area contributed by atoms with Crippen LogP contribution in [0.4, 0.5) is 0 Å². The van der Waals surface area contributed by atoms with Gasteiger partial charge in [-0.15, -0.1) is 0 Å². The summed E-state index contributed by atoms with van der Waals surface area (Å²) >= 11 is 0. The Morgan fingerprint density at radius 2 is 2.19 bits per heavy atom. The summed E-state index contributed by atoms with van der Waals surface area (Å²) < 4.78 is 5.33. The first-order chi connectivity index (χ1) is 15.0. The molecular formula is C21H26N6O4. The molecular weight excluding hydrogens is 400 g/mol. The third kappa shape index (κ3) is 3.59. The lowest BCUT2D eigenvalue weighted by molar-refractivity contribution is -0.137. The van der Waals surface area contributed by atoms with Crippen molar-refractivity contribution in [3.8, 4) is 11.4 Å². The maximum absolute atomic E-state index is 13.5. The normalized spacial score (nSPS) is 28.1. The lowest BCUT2D eigenvalue weighted by Crippen LogP contribution is -2.53. The monoisotopic (exact) mass is 426 g/mol. The fourth-order valence-electron chi connectivity index (χ4n) is 5.11. The first kappa shape index (κ1) is 20.1. The van der Waals surface area contributed by atoms with Crippen LogP contribution in [-0.4, -0.2) is 86.2 Å². The van der Waals surface area contributed by atoms with Crippen molar-refractivity contribution in [1.82, 2.24) is 30.2 Å². The number of hydrogen-bond donors (Lipinski definition) is 2. The van der Waals surface area contributed by atoms with Gasteiger partial charge in [0.15, 0.2) is 0 Å². The number of rotatable bonds is 3. The molecule has 4 atom stereocenters. The van der Waals surface area contributed by atoms with Crippen molar-refractivity contribution >= 4 is 11.8 Å². The minimum atomic E-state index is -0.479. The van der Waals surface area contributed by atoms with Gasteiger partial charge in [0.1, 0.15) is 23.3 Å². The van der Waals surface area contributed by atoms with Gasteiger partial charge in [-0.3, -0.25) is 9.59 Å². The number of aryl methyl sites for hydroxylation is 1. The molecule has 0 unspecified atom stereocenters. The molecule has 0 bridgehead atoms. The Bertz CT molecular complexity index is 980. The highest BCUT2D eigenvalue weighted by molar-refractivity contribution is 6.00. The van der Waals surface area contributed by atoms with Gasteiger partial charge in [-0.2, -0.15) is 0 Å². The number of β-amino-alcohol motifs (C(OH)–C–C–N with tert-alkyl or cyclic N) is 1. The van der Waals surface area contributed by atoms with E-state index < -0.39 is 6.10 Å². The van der Waals surface area contributed by atoms with Gasteiger partial charge in [0.2, 0.25) is 5.91 Å². The molecule has 3 fully saturated rings. The molecule has 164 valence electrons. The van der Waals surface area contributed by atoms with Crippen LogP contribution in [0.5, 0.6) is 0 Å².